The summed E-state index contributed by atoms with van der Waals surface area (Å²) < 4.78 is 1.68. The van der Waals surface area contributed by atoms with Gasteiger partial charge in [-0.3, -0.25) is 4.68 Å². The number of nitrogens with zero attached hydrogens (tertiary/aromatic N) is 3. The molecule has 0 saturated heterocycles. The van der Waals surface area contributed by atoms with Gasteiger partial charge < -0.3 is 5.11 Å². The monoisotopic (exact) mass is 179 g/mol. The van der Waals surface area contributed by atoms with Crippen molar-refractivity contribution in [2.24, 2.45) is 13.0 Å². The van der Waals surface area contributed by atoms with Crippen LogP contribution in [0.15, 0.2) is 6.20 Å². The lowest BCUT2D eigenvalue weighted by Gasteiger charge is -2.11. The molecule has 0 aliphatic rings. The molecule has 1 rings (SSSR count). The van der Waals surface area contributed by atoms with Gasteiger partial charge in [0, 0.05) is 18.3 Å². The van der Waals surface area contributed by atoms with E-state index in [-0.39, 0.29) is 0 Å². The first-order valence-corrected chi connectivity index (χ1v) is 4.14. The van der Waals surface area contributed by atoms with E-state index >= 15 is 0 Å². The zero-order chi connectivity index (χ0) is 10.0. The molecule has 1 heterocycles. The fraction of sp³-hybridized carbons (Fsp3) is 0.556. The summed E-state index contributed by atoms with van der Waals surface area (Å²) in [7, 11) is 1.81. The van der Waals surface area contributed by atoms with Gasteiger partial charge in [-0.15, -0.1) is 0 Å². The molecule has 4 nitrogen and oxygen atoms in total. The third kappa shape index (κ3) is 1.70. The van der Waals surface area contributed by atoms with E-state index in [4.69, 9.17) is 5.26 Å². The molecule has 0 fully saturated rings. The molecule has 2 unspecified atom stereocenters. The summed E-state index contributed by atoms with van der Waals surface area (Å²) in [6.45, 7) is 3.56. The quantitative estimate of drug-likeness (QED) is 0.734. The molecule has 0 saturated carbocycles. The Kier molecular flexibility index (Phi) is 2.69. The standard InChI is InChI=1S/C9H13N3O/c1-6(4-10)9(13)8-5-11-12(3)7(8)2/h5-6,9,13H,1-3H3. The lowest BCUT2D eigenvalue weighted by molar-refractivity contribution is 0.142. The number of aromatic nitrogens is 2. The zero-order valence-electron chi connectivity index (χ0n) is 8.02. The molecule has 0 radical (unpaired) electrons. The Hall–Kier alpha value is -1.34. The van der Waals surface area contributed by atoms with E-state index < -0.39 is 12.0 Å². The van der Waals surface area contributed by atoms with E-state index in [1.54, 1.807) is 17.8 Å². The molecule has 0 aromatic carbocycles. The first-order valence-electron chi connectivity index (χ1n) is 4.14. The number of hydrogen-bond donors (Lipinski definition) is 1. The van der Waals surface area contributed by atoms with E-state index in [0.717, 1.165) is 11.3 Å². The summed E-state index contributed by atoms with van der Waals surface area (Å²) >= 11 is 0. The number of nitriles is 1. The Balaban J connectivity index is 2.96. The van der Waals surface area contributed by atoms with Crippen molar-refractivity contribution in [1.29, 1.82) is 5.26 Å². The normalized spacial score (nSPS) is 15.0. The minimum atomic E-state index is -0.737. The topological polar surface area (TPSA) is 61.8 Å². The van der Waals surface area contributed by atoms with Crippen molar-refractivity contribution < 1.29 is 5.11 Å². The number of aryl methyl sites for hydroxylation is 1. The molecule has 1 aromatic rings. The van der Waals surface area contributed by atoms with Gasteiger partial charge in [0.1, 0.15) is 0 Å². The van der Waals surface area contributed by atoms with Crippen LogP contribution in [0.5, 0.6) is 0 Å². The Morgan fingerprint density at radius 3 is 2.69 bits per heavy atom. The fourth-order valence-electron chi connectivity index (χ4n) is 1.15. The fourth-order valence-corrected chi connectivity index (χ4v) is 1.15. The van der Waals surface area contributed by atoms with Crippen LogP contribution in [0.1, 0.15) is 24.3 Å². The zero-order valence-corrected chi connectivity index (χ0v) is 8.02. The van der Waals surface area contributed by atoms with Crippen LogP contribution in [0.2, 0.25) is 0 Å². The van der Waals surface area contributed by atoms with Gasteiger partial charge in [0.25, 0.3) is 0 Å². The van der Waals surface area contributed by atoms with Crippen LogP contribution in [0.25, 0.3) is 0 Å². The second kappa shape index (κ2) is 3.58. The molecule has 0 spiro atoms. The number of aliphatic hydroxyl groups excluding tert-OH is 1. The van der Waals surface area contributed by atoms with Crippen molar-refractivity contribution >= 4 is 0 Å². The Morgan fingerprint density at radius 1 is 1.69 bits per heavy atom. The van der Waals surface area contributed by atoms with Crippen LogP contribution in [-0.2, 0) is 7.05 Å². The van der Waals surface area contributed by atoms with Crippen LogP contribution < -0.4 is 0 Å². The molecule has 0 aliphatic heterocycles. The van der Waals surface area contributed by atoms with E-state index in [1.807, 2.05) is 20.0 Å². The van der Waals surface area contributed by atoms with Crippen molar-refractivity contribution in [3.05, 3.63) is 17.5 Å². The second-order valence-corrected chi connectivity index (χ2v) is 3.17. The van der Waals surface area contributed by atoms with Crippen LogP contribution in [0, 0.1) is 24.2 Å². The molecule has 13 heavy (non-hydrogen) atoms. The van der Waals surface area contributed by atoms with Gasteiger partial charge in [0.05, 0.1) is 24.3 Å². The molecule has 1 N–H and O–H groups in total. The molecule has 70 valence electrons. The van der Waals surface area contributed by atoms with Gasteiger partial charge in [0.2, 0.25) is 0 Å². The Labute approximate surface area is 77.4 Å². The van der Waals surface area contributed by atoms with Crippen LogP contribution in [0.4, 0.5) is 0 Å². The average molecular weight is 179 g/mol. The molecule has 4 heteroatoms. The maximum atomic E-state index is 9.71. The van der Waals surface area contributed by atoms with Crippen LogP contribution in [0.3, 0.4) is 0 Å². The molecular formula is C9H13N3O. The van der Waals surface area contributed by atoms with Crippen LogP contribution in [-0.4, -0.2) is 14.9 Å². The molecule has 0 aliphatic carbocycles. The van der Waals surface area contributed by atoms with Gasteiger partial charge in [-0.2, -0.15) is 10.4 Å². The van der Waals surface area contributed by atoms with Gasteiger partial charge in [-0.1, -0.05) is 0 Å². The summed E-state index contributed by atoms with van der Waals surface area (Å²) in [5, 5.41) is 22.3. The highest BCUT2D eigenvalue weighted by Crippen LogP contribution is 2.23. The maximum absolute atomic E-state index is 9.71. The van der Waals surface area contributed by atoms with Crippen molar-refractivity contribution in [3.8, 4) is 6.07 Å². The first kappa shape index (κ1) is 9.75. The minimum Gasteiger partial charge on any atom is -0.387 e. The van der Waals surface area contributed by atoms with Crippen molar-refractivity contribution in [1.82, 2.24) is 9.78 Å². The highest BCUT2D eigenvalue weighted by molar-refractivity contribution is 5.20. The number of hydrogen-bond acceptors (Lipinski definition) is 3. The van der Waals surface area contributed by atoms with E-state index in [1.165, 1.54) is 0 Å². The number of aliphatic hydroxyl groups is 1. The van der Waals surface area contributed by atoms with E-state index in [9.17, 15) is 5.11 Å². The minimum absolute atomic E-state index is 0.400. The summed E-state index contributed by atoms with van der Waals surface area (Å²) in [4.78, 5) is 0. The third-order valence-electron chi connectivity index (χ3n) is 2.27. The number of rotatable bonds is 2. The summed E-state index contributed by atoms with van der Waals surface area (Å²) in [6, 6.07) is 2.01. The second-order valence-electron chi connectivity index (χ2n) is 3.17. The van der Waals surface area contributed by atoms with Gasteiger partial charge in [-0.05, 0) is 13.8 Å². The lowest BCUT2D eigenvalue weighted by atomic mass is 10.00. The SMILES string of the molecule is Cc1c(C(O)C(C)C#N)cnn1C. The Morgan fingerprint density at radius 2 is 2.31 bits per heavy atom. The van der Waals surface area contributed by atoms with Crippen LogP contribution >= 0.6 is 0 Å². The molecular weight excluding hydrogens is 166 g/mol. The third-order valence-corrected chi connectivity index (χ3v) is 2.27. The summed E-state index contributed by atoms with van der Waals surface area (Å²) in [6.07, 6.45) is 0.868. The predicted octanol–water partition coefficient (Wildman–Crippen LogP) is 0.922. The molecule has 0 amide bonds. The van der Waals surface area contributed by atoms with E-state index in [0.29, 0.717) is 0 Å². The smallest absolute Gasteiger partial charge is 0.0978 e. The summed E-state index contributed by atoms with van der Waals surface area (Å²) in [5.74, 6) is -0.400. The summed E-state index contributed by atoms with van der Waals surface area (Å²) in [5.41, 5.74) is 1.63. The van der Waals surface area contributed by atoms with E-state index in [2.05, 4.69) is 5.10 Å². The average Bonchev–Trinajstić information content (AvgIpc) is 2.45. The maximum Gasteiger partial charge on any atom is 0.0978 e. The van der Waals surface area contributed by atoms with Crippen molar-refractivity contribution in [3.63, 3.8) is 0 Å². The van der Waals surface area contributed by atoms with Gasteiger partial charge in [-0.25, -0.2) is 0 Å². The molecule has 2 atom stereocenters. The lowest BCUT2D eigenvalue weighted by Crippen LogP contribution is -2.08. The van der Waals surface area contributed by atoms with Gasteiger partial charge >= 0.3 is 0 Å². The molecule has 0 bridgehead atoms. The Bertz CT molecular complexity index is 337. The molecule has 1 aromatic heterocycles. The van der Waals surface area contributed by atoms with Gasteiger partial charge in [0.15, 0.2) is 0 Å². The first-order chi connectivity index (χ1) is 6.07. The van der Waals surface area contributed by atoms with Crippen molar-refractivity contribution in [2.45, 2.75) is 20.0 Å². The largest absolute Gasteiger partial charge is 0.387 e. The highest BCUT2D eigenvalue weighted by Gasteiger charge is 2.19. The predicted molar refractivity (Wildman–Crippen MR) is 47.7 cm³/mol. The van der Waals surface area contributed by atoms with Crippen molar-refractivity contribution in [2.75, 3.05) is 0 Å². The highest BCUT2D eigenvalue weighted by atomic mass is 16.3.